The van der Waals surface area contributed by atoms with Gasteiger partial charge in [0, 0.05) is 32.0 Å². The van der Waals surface area contributed by atoms with Gasteiger partial charge in [-0.2, -0.15) is 0 Å². The molecule has 0 fully saturated rings. The number of nitrogens with zero attached hydrogens (tertiary/aromatic N) is 1. The summed E-state index contributed by atoms with van der Waals surface area (Å²) in [7, 11) is 1.68. The summed E-state index contributed by atoms with van der Waals surface area (Å²) < 4.78 is 10.6. The van der Waals surface area contributed by atoms with Crippen molar-refractivity contribution >= 4 is 17.3 Å². The molecule has 2 N–H and O–H groups in total. The summed E-state index contributed by atoms with van der Waals surface area (Å²) in [5, 5.41) is 0. The normalized spacial score (nSPS) is 18.1. The number of hydrogen-bond acceptors (Lipinski definition) is 4. The number of hydrogen-bond donors (Lipinski definition) is 1. The highest BCUT2D eigenvalue weighted by atomic mass is 16.5. The van der Waals surface area contributed by atoms with Gasteiger partial charge >= 0.3 is 0 Å². The lowest BCUT2D eigenvalue weighted by Gasteiger charge is -2.33. The average Bonchev–Trinajstić information content (AvgIpc) is 2.38. The molecule has 1 aliphatic rings. The monoisotopic (exact) mass is 264 g/mol. The van der Waals surface area contributed by atoms with Crippen molar-refractivity contribution in [1.82, 2.24) is 0 Å². The number of rotatable bonds is 5. The molecule has 1 aromatic rings. The second kappa shape index (κ2) is 5.93. The molecule has 0 saturated heterocycles. The number of ether oxygens (including phenoxy) is 2. The van der Waals surface area contributed by atoms with Gasteiger partial charge in [-0.05, 0) is 31.9 Å². The number of nitrogens with two attached hydrogens (primary N) is 1. The number of methoxy groups -OCH3 is 1. The molecule has 0 spiro atoms. The summed E-state index contributed by atoms with van der Waals surface area (Å²) in [5.74, 6) is 0.675. The third-order valence-electron chi connectivity index (χ3n) is 3.17. The minimum atomic E-state index is -0.461. The molecule has 1 aromatic carbocycles. The molecule has 1 aliphatic heterocycles. The lowest BCUT2D eigenvalue weighted by molar-refractivity contribution is -0.125. The molecule has 2 rings (SSSR count). The molecule has 1 amide bonds. The van der Waals surface area contributed by atoms with Crippen molar-refractivity contribution in [2.24, 2.45) is 0 Å². The second-order valence-corrected chi connectivity index (χ2v) is 4.68. The van der Waals surface area contributed by atoms with Gasteiger partial charge in [-0.15, -0.1) is 0 Å². The zero-order chi connectivity index (χ0) is 13.8. The van der Waals surface area contributed by atoms with Gasteiger partial charge in [0.25, 0.3) is 5.91 Å². The Bertz CT molecular complexity index is 462. The van der Waals surface area contributed by atoms with E-state index < -0.39 is 6.10 Å². The quantitative estimate of drug-likeness (QED) is 0.650. The fraction of sp³-hybridized carbons (Fsp3) is 0.500. The highest BCUT2D eigenvalue weighted by Crippen LogP contribution is 2.35. The van der Waals surface area contributed by atoms with Gasteiger partial charge in [-0.25, -0.2) is 0 Å². The van der Waals surface area contributed by atoms with Gasteiger partial charge in [0.05, 0.1) is 5.69 Å². The zero-order valence-corrected chi connectivity index (χ0v) is 11.4. The maximum absolute atomic E-state index is 12.2. The van der Waals surface area contributed by atoms with Crippen LogP contribution in [-0.4, -0.2) is 32.3 Å². The molecular formula is C14H20N2O3. The molecule has 0 aromatic heterocycles. The van der Waals surface area contributed by atoms with E-state index in [0.29, 0.717) is 24.6 Å². The first-order valence-corrected chi connectivity index (χ1v) is 6.50. The Labute approximate surface area is 113 Å². The predicted octanol–water partition coefficient (Wildman–Crippen LogP) is 1.81. The Hall–Kier alpha value is -1.75. The van der Waals surface area contributed by atoms with Crippen molar-refractivity contribution in [2.45, 2.75) is 25.9 Å². The number of carbonyl (C=O) groups excluding carboxylic acids is 1. The number of amides is 1. The Balaban J connectivity index is 2.14. The van der Waals surface area contributed by atoms with Crippen LogP contribution in [0.15, 0.2) is 18.2 Å². The number of fused-ring (bicyclic) bond motifs is 1. The van der Waals surface area contributed by atoms with E-state index in [1.54, 1.807) is 31.1 Å². The lowest BCUT2D eigenvalue weighted by atomic mass is 10.1. The van der Waals surface area contributed by atoms with E-state index in [2.05, 4.69) is 0 Å². The van der Waals surface area contributed by atoms with Crippen molar-refractivity contribution in [3.05, 3.63) is 18.2 Å². The lowest BCUT2D eigenvalue weighted by Crippen LogP contribution is -2.44. The van der Waals surface area contributed by atoms with E-state index in [1.807, 2.05) is 6.07 Å². The van der Waals surface area contributed by atoms with Gasteiger partial charge in [0.15, 0.2) is 6.10 Å². The minimum absolute atomic E-state index is 0.00492. The van der Waals surface area contributed by atoms with E-state index in [0.717, 1.165) is 18.5 Å². The molecular weight excluding hydrogens is 244 g/mol. The van der Waals surface area contributed by atoms with Crippen molar-refractivity contribution in [2.75, 3.05) is 30.9 Å². The smallest absolute Gasteiger partial charge is 0.267 e. The summed E-state index contributed by atoms with van der Waals surface area (Å²) in [6.45, 7) is 3.14. The van der Waals surface area contributed by atoms with E-state index >= 15 is 0 Å². The van der Waals surface area contributed by atoms with Gasteiger partial charge in [0.1, 0.15) is 5.75 Å². The Morgan fingerprint density at radius 1 is 1.42 bits per heavy atom. The highest BCUT2D eigenvalue weighted by Gasteiger charge is 2.30. The van der Waals surface area contributed by atoms with Crippen molar-refractivity contribution in [1.29, 1.82) is 0 Å². The Morgan fingerprint density at radius 3 is 2.95 bits per heavy atom. The maximum Gasteiger partial charge on any atom is 0.267 e. The summed E-state index contributed by atoms with van der Waals surface area (Å²) >= 11 is 0. The van der Waals surface area contributed by atoms with Crippen LogP contribution in [0.5, 0.6) is 5.75 Å². The van der Waals surface area contributed by atoms with E-state index in [4.69, 9.17) is 15.2 Å². The van der Waals surface area contributed by atoms with Crippen LogP contribution in [0.25, 0.3) is 0 Å². The molecule has 1 heterocycles. The summed E-state index contributed by atoms with van der Waals surface area (Å²) in [5.41, 5.74) is 7.19. The molecule has 0 saturated carbocycles. The maximum atomic E-state index is 12.2. The summed E-state index contributed by atoms with van der Waals surface area (Å²) in [6, 6.07) is 5.39. The number of benzene rings is 1. The van der Waals surface area contributed by atoms with Gasteiger partial charge in [0.2, 0.25) is 0 Å². The minimum Gasteiger partial charge on any atom is -0.479 e. The van der Waals surface area contributed by atoms with Crippen LogP contribution in [0.3, 0.4) is 0 Å². The van der Waals surface area contributed by atoms with Crippen LogP contribution >= 0.6 is 0 Å². The van der Waals surface area contributed by atoms with Gasteiger partial charge in [-0.3, -0.25) is 4.79 Å². The first kappa shape index (κ1) is 13.7. The average molecular weight is 264 g/mol. The van der Waals surface area contributed by atoms with Gasteiger partial charge in [-0.1, -0.05) is 0 Å². The molecule has 5 heteroatoms. The zero-order valence-electron chi connectivity index (χ0n) is 11.4. The van der Waals surface area contributed by atoms with E-state index in [-0.39, 0.29) is 5.91 Å². The van der Waals surface area contributed by atoms with Crippen LogP contribution in [0, 0.1) is 0 Å². The van der Waals surface area contributed by atoms with Crippen molar-refractivity contribution < 1.29 is 14.3 Å². The van der Waals surface area contributed by atoms with Crippen molar-refractivity contribution in [3.63, 3.8) is 0 Å². The molecule has 0 aliphatic carbocycles. The third kappa shape index (κ3) is 2.98. The first-order valence-electron chi connectivity index (χ1n) is 6.50. The third-order valence-corrected chi connectivity index (χ3v) is 3.17. The first-order chi connectivity index (χ1) is 9.13. The van der Waals surface area contributed by atoms with Crippen LogP contribution in [0.1, 0.15) is 19.8 Å². The van der Waals surface area contributed by atoms with E-state index in [9.17, 15) is 4.79 Å². The van der Waals surface area contributed by atoms with Crippen LogP contribution in [0.4, 0.5) is 11.4 Å². The SMILES string of the molecule is COCCCCN1C(=O)C(C)Oc2cc(N)ccc21. The van der Waals surface area contributed by atoms with Crippen LogP contribution in [0.2, 0.25) is 0 Å². The molecule has 5 nitrogen and oxygen atoms in total. The Morgan fingerprint density at radius 2 is 2.21 bits per heavy atom. The topological polar surface area (TPSA) is 64.8 Å². The largest absolute Gasteiger partial charge is 0.479 e. The highest BCUT2D eigenvalue weighted by molar-refractivity contribution is 6.00. The number of carbonyl (C=O) groups is 1. The Kier molecular flexibility index (Phi) is 4.27. The summed E-state index contributed by atoms with van der Waals surface area (Å²) in [4.78, 5) is 14.0. The molecule has 0 radical (unpaired) electrons. The molecule has 1 atom stereocenters. The molecule has 19 heavy (non-hydrogen) atoms. The van der Waals surface area contributed by atoms with Crippen LogP contribution < -0.4 is 15.4 Å². The standard InChI is InChI=1S/C14H20N2O3/c1-10-14(17)16(7-3-4-8-18-2)12-6-5-11(15)9-13(12)19-10/h5-6,9-10H,3-4,7-8,15H2,1-2H3. The summed E-state index contributed by atoms with van der Waals surface area (Å²) in [6.07, 6.45) is 1.37. The fourth-order valence-corrected chi connectivity index (χ4v) is 2.17. The number of nitrogen functional groups attached to an aromatic ring is 1. The number of unbranched alkanes of at least 4 members (excludes halogenated alkanes) is 1. The number of anilines is 2. The molecule has 104 valence electrons. The molecule has 1 unspecified atom stereocenters. The van der Waals surface area contributed by atoms with Gasteiger partial charge < -0.3 is 20.1 Å². The molecule has 0 bridgehead atoms. The predicted molar refractivity (Wildman–Crippen MR) is 74.4 cm³/mol. The van der Waals surface area contributed by atoms with Crippen LogP contribution in [-0.2, 0) is 9.53 Å². The van der Waals surface area contributed by atoms with E-state index in [1.165, 1.54) is 0 Å². The fourth-order valence-electron chi connectivity index (χ4n) is 2.17. The second-order valence-electron chi connectivity index (χ2n) is 4.68. The van der Waals surface area contributed by atoms with Crippen molar-refractivity contribution in [3.8, 4) is 5.75 Å².